The molecule has 1 aliphatic rings. The molecular formula is C25H23F3N8O3. The summed E-state index contributed by atoms with van der Waals surface area (Å²) in [5.41, 5.74) is 2.61. The van der Waals surface area contributed by atoms with Gasteiger partial charge >= 0.3 is 12.4 Å². The maximum atomic E-state index is 12.7. The van der Waals surface area contributed by atoms with Crippen LogP contribution in [0.5, 0.6) is 5.75 Å². The Bertz CT molecular complexity index is 1480. The van der Waals surface area contributed by atoms with E-state index in [0.717, 1.165) is 34.6 Å². The zero-order valence-corrected chi connectivity index (χ0v) is 20.6. The molecule has 0 aliphatic carbocycles. The van der Waals surface area contributed by atoms with Crippen LogP contribution >= 0.6 is 0 Å². The van der Waals surface area contributed by atoms with E-state index in [4.69, 9.17) is 0 Å². The number of ether oxygens (including phenoxy) is 1. The summed E-state index contributed by atoms with van der Waals surface area (Å²) in [5.74, 6) is 0.617. The Labute approximate surface area is 220 Å². The molecule has 0 saturated carbocycles. The van der Waals surface area contributed by atoms with Gasteiger partial charge in [-0.15, -0.1) is 13.2 Å². The summed E-state index contributed by atoms with van der Waals surface area (Å²) in [6.45, 7) is 3.28. The SMILES string of the molecule is CC(=O)Nc1ccc(-c2cc3c(N4CCN(C(=O)Nc5ccc(OC(F)(F)F)cc5)CC4)ncnc3[nH]2)cn1. The van der Waals surface area contributed by atoms with E-state index in [1.54, 1.807) is 17.2 Å². The van der Waals surface area contributed by atoms with E-state index in [9.17, 15) is 22.8 Å². The maximum absolute atomic E-state index is 12.7. The minimum Gasteiger partial charge on any atom is -0.406 e. The highest BCUT2D eigenvalue weighted by atomic mass is 19.4. The Hall–Kier alpha value is -4.88. The molecule has 1 aromatic carbocycles. The Balaban J connectivity index is 1.22. The van der Waals surface area contributed by atoms with Crippen molar-refractivity contribution in [1.29, 1.82) is 0 Å². The normalized spacial score (nSPS) is 13.8. The number of hydrogen-bond donors (Lipinski definition) is 3. The third-order valence-corrected chi connectivity index (χ3v) is 5.99. The van der Waals surface area contributed by atoms with Crippen molar-refractivity contribution in [2.24, 2.45) is 0 Å². The van der Waals surface area contributed by atoms with Crippen LogP contribution in [0.4, 0.5) is 35.3 Å². The average Bonchev–Trinajstić information content (AvgIpc) is 3.34. The number of amides is 3. The first-order valence-corrected chi connectivity index (χ1v) is 11.9. The number of urea groups is 1. The molecular weight excluding hydrogens is 517 g/mol. The number of piperazine rings is 1. The number of benzene rings is 1. The highest BCUT2D eigenvalue weighted by molar-refractivity contribution is 5.93. The number of rotatable bonds is 5. The summed E-state index contributed by atoms with van der Waals surface area (Å²) < 4.78 is 40.9. The molecule has 39 heavy (non-hydrogen) atoms. The highest BCUT2D eigenvalue weighted by Crippen LogP contribution is 2.29. The number of anilines is 3. The maximum Gasteiger partial charge on any atom is 0.573 e. The molecule has 14 heteroatoms. The lowest BCUT2D eigenvalue weighted by molar-refractivity contribution is -0.274. The minimum absolute atomic E-state index is 0.202. The van der Waals surface area contributed by atoms with E-state index in [1.165, 1.54) is 25.4 Å². The van der Waals surface area contributed by atoms with E-state index < -0.39 is 6.36 Å². The van der Waals surface area contributed by atoms with Gasteiger partial charge in [0.1, 0.15) is 29.4 Å². The number of aromatic nitrogens is 4. The predicted molar refractivity (Wildman–Crippen MR) is 137 cm³/mol. The second kappa shape index (κ2) is 10.5. The van der Waals surface area contributed by atoms with Gasteiger partial charge in [0.15, 0.2) is 0 Å². The quantitative estimate of drug-likeness (QED) is 0.346. The number of carbonyl (C=O) groups is 2. The number of nitrogens with one attached hydrogen (secondary N) is 3. The first-order valence-electron chi connectivity index (χ1n) is 11.9. The Morgan fingerprint density at radius 2 is 1.72 bits per heavy atom. The zero-order chi connectivity index (χ0) is 27.6. The van der Waals surface area contributed by atoms with E-state index in [-0.39, 0.29) is 17.7 Å². The second-order valence-corrected chi connectivity index (χ2v) is 8.73. The number of pyridine rings is 1. The molecule has 11 nitrogen and oxygen atoms in total. The van der Waals surface area contributed by atoms with Crippen LogP contribution < -0.4 is 20.3 Å². The fourth-order valence-corrected chi connectivity index (χ4v) is 4.21. The summed E-state index contributed by atoms with van der Waals surface area (Å²) in [6, 6.07) is 10.1. The highest BCUT2D eigenvalue weighted by Gasteiger charge is 2.31. The zero-order valence-electron chi connectivity index (χ0n) is 20.6. The molecule has 0 unspecified atom stereocenters. The third kappa shape index (κ3) is 6.17. The van der Waals surface area contributed by atoms with E-state index in [0.29, 0.717) is 43.3 Å². The van der Waals surface area contributed by atoms with Gasteiger partial charge < -0.3 is 30.2 Å². The molecule has 0 radical (unpaired) electrons. The molecule has 0 atom stereocenters. The molecule has 3 N–H and O–H groups in total. The van der Waals surface area contributed by atoms with Crippen LogP contribution in [0.25, 0.3) is 22.3 Å². The molecule has 0 spiro atoms. The molecule has 0 bridgehead atoms. The Kier molecular flexibility index (Phi) is 6.92. The van der Waals surface area contributed by atoms with Crippen molar-refractivity contribution >= 4 is 40.3 Å². The molecule has 1 aliphatic heterocycles. The van der Waals surface area contributed by atoms with Crippen LogP contribution in [0.2, 0.25) is 0 Å². The van der Waals surface area contributed by atoms with Crippen LogP contribution in [0.3, 0.4) is 0 Å². The van der Waals surface area contributed by atoms with Gasteiger partial charge in [-0.2, -0.15) is 0 Å². The Morgan fingerprint density at radius 1 is 0.974 bits per heavy atom. The van der Waals surface area contributed by atoms with Gasteiger partial charge in [0.2, 0.25) is 5.91 Å². The molecule has 4 heterocycles. The van der Waals surface area contributed by atoms with E-state index in [1.807, 2.05) is 12.1 Å². The summed E-state index contributed by atoms with van der Waals surface area (Å²) in [5, 5.41) is 6.14. The lowest BCUT2D eigenvalue weighted by Gasteiger charge is -2.35. The molecule has 4 aromatic rings. The van der Waals surface area contributed by atoms with Crippen LogP contribution in [-0.4, -0.2) is 69.3 Å². The van der Waals surface area contributed by atoms with Gasteiger partial charge in [-0.1, -0.05) is 0 Å². The van der Waals surface area contributed by atoms with Gasteiger partial charge in [0.25, 0.3) is 0 Å². The van der Waals surface area contributed by atoms with Crippen molar-refractivity contribution in [1.82, 2.24) is 24.8 Å². The molecule has 202 valence electrons. The largest absolute Gasteiger partial charge is 0.573 e. The Morgan fingerprint density at radius 3 is 2.36 bits per heavy atom. The van der Waals surface area contributed by atoms with Crippen LogP contribution in [0.1, 0.15) is 6.92 Å². The number of aromatic amines is 1. The van der Waals surface area contributed by atoms with E-state index in [2.05, 4.69) is 40.2 Å². The van der Waals surface area contributed by atoms with Gasteiger partial charge in [0.05, 0.1) is 5.39 Å². The smallest absolute Gasteiger partial charge is 0.406 e. The fourth-order valence-electron chi connectivity index (χ4n) is 4.21. The lowest BCUT2D eigenvalue weighted by Crippen LogP contribution is -2.50. The molecule has 3 amide bonds. The van der Waals surface area contributed by atoms with Crippen LogP contribution in [0, 0.1) is 0 Å². The van der Waals surface area contributed by atoms with Crippen LogP contribution in [0.15, 0.2) is 55.0 Å². The summed E-state index contributed by atoms with van der Waals surface area (Å²) in [4.78, 5) is 44.0. The van der Waals surface area contributed by atoms with Crippen molar-refractivity contribution in [3.63, 3.8) is 0 Å². The fraction of sp³-hybridized carbons (Fsp3) is 0.240. The number of halogens is 3. The second-order valence-electron chi connectivity index (χ2n) is 8.73. The first-order chi connectivity index (χ1) is 18.6. The lowest BCUT2D eigenvalue weighted by atomic mass is 10.2. The average molecular weight is 541 g/mol. The number of hydrogen-bond acceptors (Lipinski definition) is 7. The van der Waals surface area contributed by atoms with Crippen molar-refractivity contribution < 1.29 is 27.5 Å². The topological polar surface area (TPSA) is 128 Å². The van der Waals surface area contributed by atoms with Crippen LogP contribution in [-0.2, 0) is 4.79 Å². The van der Waals surface area contributed by atoms with E-state index >= 15 is 0 Å². The monoisotopic (exact) mass is 540 g/mol. The third-order valence-electron chi connectivity index (χ3n) is 5.99. The first kappa shape index (κ1) is 25.8. The molecule has 1 saturated heterocycles. The minimum atomic E-state index is -4.78. The van der Waals surface area contributed by atoms with Gasteiger partial charge in [-0.25, -0.2) is 19.7 Å². The van der Waals surface area contributed by atoms with Crippen molar-refractivity contribution in [3.05, 3.63) is 55.0 Å². The number of nitrogens with zero attached hydrogens (tertiary/aromatic N) is 5. The number of carbonyl (C=O) groups excluding carboxylic acids is 2. The van der Waals surface area contributed by atoms with Gasteiger partial charge in [-0.05, 0) is 42.5 Å². The number of H-pyrrole nitrogens is 1. The van der Waals surface area contributed by atoms with Crippen molar-refractivity contribution in [2.45, 2.75) is 13.3 Å². The number of fused-ring (bicyclic) bond motifs is 1. The summed E-state index contributed by atoms with van der Waals surface area (Å²) in [6.07, 6.45) is -1.65. The molecule has 1 fully saturated rings. The van der Waals surface area contributed by atoms with Gasteiger partial charge in [0, 0.05) is 56.2 Å². The molecule has 5 rings (SSSR count). The summed E-state index contributed by atoms with van der Waals surface area (Å²) >= 11 is 0. The standard InChI is InChI=1S/C25H23F3N8O3/c1-15(37)32-21-7-2-16(13-29-21)20-12-19-22(34-20)30-14-31-23(19)35-8-10-36(11-9-35)24(38)33-17-3-5-18(6-4-17)39-25(26,27)28/h2-7,12-14H,8-11H2,1H3,(H,33,38)(H,29,32,37)(H,30,31,34). The summed E-state index contributed by atoms with van der Waals surface area (Å²) in [7, 11) is 0. The number of alkyl halides is 3. The molecule has 3 aromatic heterocycles. The van der Waals surface area contributed by atoms with Crippen molar-refractivity contribution in [2.75, 3.05) is 41.7 Å². The van der Waals surface area contributed by atoms with Crippen molar-refractivity contribution in [3.8, 4) is 17.0 Å². The van der Waals surface area contributed by atoms with Gasteiger partial charge in [-0.3, -0.25) is 4.79 Å². The predicted octanol–water partition coefficient (Wildman–Crippen LogP) is 4.23.